The number of carbonyl (C=O) groups excluding carboxylic acids is 2. The summed E-state index contributed by atoms with van der Waals surface area (Å²) in [4.78, 5) is 29.4. The zero-order chi connectivity index (χ0) is 23.7. The second-order valence-corrected chi connectivity index (χ2v) is 10.4. The summed E-state index contributed by atoms with van der Waals surface area (Å²) in [6.45, 7) is 8.04. The van der Waals surface area contributed by atoms with Gasteiger partial charge in [-0.2, -0.15) is 0 Å². The lowest BCUT2D eigenvalue weighted by molar-refractivity contribution is -0.117. The number of anilines is 2. The molecule has 3 aliphatic heterocycles. The summed E-state index contributed by atoms with van der Waals surface area (Å²) in [5.41, 5.74) is 6.42. The van der Waals surface area contributed by atoms with E-state index in [1.165, 1.54) is 12.0 Å². The van der Waals surface area contributed by atoms with E-state index >= 15 is 0 Å². The topological polar surface area (TPSA) is 77.2 Å². The Morgan fingerprint density at radius 3 is 2.50 bits per heavy atom. The van der Waals surface area contributed by atoms with Crippen LogP contribution in [0.25, 0.3) is 0 Å². The molecule has 0 radical (unpaired) electrons. The molecule has 186 valence electrons. The first-order valence-electron chi connectivity index (χ1n) is 13.1. The Bertz CT molecular complexity index is 896. The van der Waals surface area contributed by atoms with Crippen molar-refractivity contribution in [2.45, 2.75) is 82.9 Å². The maximum Gasteiger partial charge on any atom is 0.414 e. The van der Waals surface area contributed by atoms with Crippen LogP contribution < -0.4 is 20.5 Å². The number of fused-ring (bicyclic) bond motifs is 1. The van der Waals surface area contributed by atoms with Crippen molar-refractivity contribution < 1.29 is 14.3 Å². The van der Waals surface area contributed by atoms with Crippen LogP contribution in [0.2, 0.25) is 0 Å². The fourth-order valence-corrected chi connectivity index (χ4v) is 6.15. The number of rotatable bonds is 3. The molecule has 2 amide bonds. The Morgan fingerprint density at radius 2 is 1.76 bits per heavy atom. The molecule has 1 aromatic rings. The molecule has 1 unspecified atom stereocenters. The van der Waals surface area contributed by atoms with E-state index < -0.39 is 0 Å². The summed E-state index contributed by atoms with van der Waals surface area (Å²) < 4.78 is 5.95. The van der Waals surface area contributed by atoms with Gasteiger partial charge in [0, 0.05) is 38.5 Å². The highest BCUT2D eigenvalue weighted by molar-refractivity contribution is 6.02. The van der Waals surface area contributed by atoms with Crippen molar-refractivity contribution in [1.29, 1.82) is 0 Å². The molecule has 3 heterocycles. The van der Waals surface area contributed by atoms with Crippen LogP contribution in [0.4, 0.5) is 16.2 Å². The zero-order valence-electron chi connectivity index (χ0n) is 20.6. The van der Waals surface area contributed by atoms with Crippen LogP contribution in [0.15, 0.2) is 18.2 Å². The fourth-order valence-electron chi connectivity index (χ4n) is 6.15. The fraction of sp³-hybridized carbons (Fsp3) is 0.692. The highest BCUT2D eigenvalue weighted by Crippen LogP contribution is 2.39. The molecule has 1 aliphatic carbocycles. The average Bonchev–Trinajstić information content (AvgIpc) is 3.34. The lowest BCUT2D eigenvalue weighted by Crippen LogP contribution is -2.52. The number of hydrogen-bond acceptors (Lipinski definition) is 6. The highest BCUT2D eigenvalue weighted by Gasteiger charge is 2.37. The first kappa shape index (κ1) is 23.6. The highest BCUT2D eigenvalue weighted by atomic mass is 16.6. The molecule has 0 aromatic heterocycles. The molecule has 0 spiro atoms. The van der Waals surface area contributed by atoms with Crippen LogP contribution in [0.1, 0.15) is 70.3 Å². The van der Waals surface area contributed by atoms with Gasteiger partial charge in [-0.1, -0.05) is 12.5 Å². The lowest BCUT2D eigenvalue weighted by Gasteiger charge is -2.41. The van der Waals surface area contributed by atoms with Gasteiger partial charge in [-0.25, -0.2) is 9.80 Å². The SMILES string of the molecule is CC(=O)N1c2ccc(C3CNN(C4CCNCC4)C3)cc2N(C(=O)OC2CCCCC2)C[C@@H]1C. The van der Waals surface area contributed by atoms with Gasteiger partial charge in [-0.15, -0.1) is 0 Å². The molecule has 5 rings (SSSR count). The first-order chi connectivity index (χ1) is 16.5. The van der Waals surface area contributed by atoms with E-state index in [9.17, 15) is 9.59 Å². The maximum atomic E-state index is 13.3. The Kier molecular flexibility index (Phi) is 7.09. The van der Waals surface area contributed by atoms with Gasteiger partial charge in [0.2, 0.25) is 5.91 Å². The number of nitrogens with zero attached hydrogens (tertiary/aromatic N) is 3. The van der Waals surface area contributed by atoms with Crippen LogP contribution in [0.5, 0.6) is 0 Å². The largest absolute Gasteiger partial charge is 0.446 e. The number of nitrogens with one attached hydrogen (secondary N) is 2. The number of amides is 2. The number of piperidine rings is 1. The predicted molar refractivity (Wildman–Crippen MR) is 133 cm³/mol. The van der Waals surface area contributed by atoms with Gasteiger partial charge in [0.1, 0.15) is 6.10 Å². The minimum Gasteiger partial charge on any atom is -0.446 e. The van der Waals surface area contributed by atoms with Crippen molar-refractivity contribution in [1.82, 2.24) is 15.8 Å². The molecular weight excluding hydrogens is 430 g/mol. The Balaban J connectivity index is 1.38. The molecule has 1 saturated carbocycles. The van der Waals surface area contributed by atoms with Gasteiger partial charge in [-0.3, -0.25) is 15.1 Å². The molecule has 1 aromatic carbocycles. The summed E-state index contributed by atoms with van der Waals surface area (Å²) in [5.74, 6) is 0.350. The van der Waals surface area contributed by atoms with Crippen molar-refractivity contribution in [3.8, 4) is 0 Å². The van der Waals surface area contributed by atoms with E-state index in [0.717, 1.165) is 76.1 Å². The second-order valence-electron chi connectivity index (χ2n) is 10.4. The number of hydrogen-bond donors (Lipinski definition) is 2. The predicted octanol–water partition coefficient (Wildman–Crippen LogP) is 3.37. The molecule has 3 fully saturated rings. The van der Waals surface area contributed by atoms with E-state index in [1.54, 1.807) is 11.8 Å². The average molecular weight is 470 g/mol. The summed E-state index contributed by atoms with van der Waals surface area (Å²) in [6, 6.07) is 6.75. The van der Waals surface area contributed by atoms with Crippen molar-refractivity contribution in [3.05, 3.63) is 23.8 Å². The Hall–Kier alpha value is -2.16. The van der Waals surface area contributed by atoms with Crippen LogP contribution >= 0.6 is 0 Å². The van der Waals surface area contributed by atoms with Gasteiger partial charge >= 0.3 is 6.09 Å². The molecule has 2 N–H and O–H groups in total. The van der Waals surface area contributed by atoms with Crippen LogP contribution in [0, 0.1) is 0 Å². The number of benzene rings is 1. The van der Waals surface area contributed by atoms with Crippen molar-refractivity contribution in [3.63, 3.8) is 0 Å². The number of hydrazine groups is 1. The van der Waals surface area contributed by atoms with E-state index in [4.69, 9.17) is 4.74 Å². The van der Waals surface area contributed by atoms with Gasteiger partial charge in [-0.05, 0) is 76.2 Å². The minimum absolute atomic E-state index is 0.00131. The minimum atomic E-state index is -0.277. The van der Waals surface area contributed by atoms with E-state index in [0.29, 0.717) is 18.5 Å². The lowest BCUT2D eigenvalue weighted by atomic mass is 9.96. The van der Waals surface area contributed by atoms with Gasteiger partial charge in [0.15, 0.2) is 0 Å². The zero-order valence-corrected chi connectivity index (χ0v) is 20.6. The molecule has 4 aliphatic rings. The summed E-state index contributed by atoms with van der Waals surface area (Å²) in [6.07, 6.45) is 7.41. The molecule has 8 nitrogen and oxygen atoms in total. The summed E-state index contributed by atoms with van der Waals surface area (Å²) >= 11 is 0. The maximum absolute atomic E-state index is 13.3. The molecule has 8 heteroatoms. The van der Waals surface area contributed by atoms with E-state index in [2.05, 4.69) is 27.9 Å². The third kappa shape index (κ3) is 4.81. The molecule has 2 saturated heterocycles. The summed E-state index contributed by atoms with van der Waals surface area (Å²) in [5, 5.41) is 5.85. The third-order valence-electron chi connectivity index (χ3n) is 8.00. The standard InChI is InChI=1S/C26H39N5O3/c1-18-16-29(26(33)34-23-6-4-3-5-7-23)25-14-20(8-9-24(25)31(18)19(2)32)21-15-28-30(17-21)22-10-12-27-13-11-22/h8-9,14,18,21-23,27-28H,3-7,10-13,15-17H2,1-2H3/t18-,21?/m0/s1. The first-order valence-corrected chi connectivity index (χ1v) is 13.1. The van der Waals surface area contributed by atoms with Crippen molar-refractivity contribution >= 4 is 23.4 Å². The van der Waals surface area contributed by atoms with Crippen LogP contribution in [0.3, 0.4) is 0 Å². The quantitative estimate of drug-likeness (QED) is 0.707. The Labute approximate surface area is 202 Å². The third-order valence-corrected chi connectivity index (χ3v) is 8.00. The van der Waals surface area contributed by atoms with Gasteiger partial charge in [0.05, 0.1) is 17.4 Å². The Morgan fingerprint density at radius 1 is 1.00 bits per heavy atom. The second kappa shape index (κ2) is 10.2. The molecular formula is C26H39N5O3. The van der Waals surface area contributed by atoms with Crippen molar-refractivity contribution in [2.24, 2.45) is 0 Å². The van der Waals surface area contributed by atoms with E-state index in [-0.39, 0.29) is 24.1 Å². The van der Waals surface area contributed by atoms with Gasteiger partial charge < -0.3 is 15.0 Å². The normalized spacial score (nSPS) is 27.0. The number of ether oxygens (including phenoxy) is 1. The van der Waals surface area contributed by atoms with E-state index in [1.807, 2.05) is 17.9 Å². The molecule has 0 bridgehead atoms. The van der Waals surface area contributed by atoms with Crippen LogP contribution in [-0.4, -0.2) is 67.9 Å². The van der Waals surface area contributed by atoms with Gasteiger partial charge in [0.25, 0.3) is 0 Å². The summed E-state index contributed by atoms with van der Waals surface area (Å²) in [7, 11) is 0. The molecule has 2 atom stereocenters. The van der Waals surface area contributed by atoms with Crippen LogP contribution in [-0.2, 0) is 9.53 Å². The monoisotopic (exact) mass is 469 g/mol. The smallest absolute Gasteiger partial charge is 0.414 e. The number of carbonyl (C=O) groups is 2. The van der Waals surface area contributed by atoms with Crippen molar-refractivity contribution in [2.75, 3.05) is 42.5 Å². The molecule has 34 heavy (non-hydrogen) atoms.